The monoisotopic (exact) mass is 329 g/mol. The zero-order valence-electron chi connectivity index (χ0n) is 13.7. The molecule has 0 fully saturated rings. The van der Waals surface area contributed by atoms with Gasteiger partial charge in [-0.3, -0.25) is 4.79 Å². The fourth-order valence-corrected chi connectivity index (χ4v) is 2.25. The molecule has 1 amide bonds. The number of aromatic nitrogens is 1. The van der Waals surface area contributed by atoms with Gasteiger partial charge in [0.1, 0.15) is 5.75 Å². The highest BCUT2D eigenvalue weighted by Gasteiger charge is 2.18. The van der Waals surface area contributed by atoms with Gasteiger partial charge in [-0.25, -0.2) is 10.2 Å². The van der Waals surface area contributed by atoms with Gasteiger partial charge in [0.25, 0.3) is 5.91 Å². The Morgan fingerprint density at radius 1 is 1.29 bits per heavy atom. The number of aromatic amines is 1. The van der Waals surface area contributed by atoms with Crippen LogP contribution in [0.4, 0.5) is 0 Å². The van der Waals surface area contributed by atoms with Crippen molar-refractivity contribution in [1.82, 2.24) is 10.4 Å². The van der Waals surface area contributed by atoms with Gasteiger partial charge in [-0.2, -0.15) is 5.10 Å². The van der Waals surface area contributed by atoms with Crippen LogP contribution in [0.1, 0.15) is 44.6 Å². The molecule has 2 aromatic rings. The lowest BCUT2D eigenvalue weighted by molar-refractivity contribution is 0.0525. The number of phenolic OH excluding ortho intramolecular Hbond substituents is 1. The average molecular weight is 329 g/mol. The maximum Gasteiger partial charge on any atom is 0.340 e. The minimum atomic E-state index is -0.405. The molecular formula is C17H19N3O4. The van der Waals surface area contributed by atoms with Crippen molar-refractivity contribution in [2.75, 3.05) is 6.61 Å². The summed E-state index contributed by atoms with van der Waals surface area (Å²) in [5, 5.41) is 13.1. The second kappa shape index (κ2) is 7.45. The lowest BCUT2D eigenvalue weighted by atomic mass is 10.1. The molecule has 0 aliphatic carbocycles. The number of amides is 1. The molecule has 0 saturated heterocycles. The molecule has 3 N–H and O–H groups in total. The number of esters is 1. The third-order valence-corrected chi connectivity index (χ3v) is 3.44. The van der Waals surface area contributed by atoms with E-state index in [4.69, 9.17) is 4.74 Å². The van der Waals surface area contributed by atoms with E-state index in [9.17, 15) is 14.7 Å². The topological polar surface area (TPSA) is 104 Å². The number of H-pyrrole nitrogens is 1. The molecule has 24 heavy (non-hydrogen) atoms. The highest BCUT2D eigenvalue weighted by atomic mass is 16.5. The Labute approximate surface area is 139 Å². The number of hydrazone groups is 1. The number of hydrogen-bond donors (Lipinski definition) is 3. The largest absolute Gasteiger partial charge is 0.508 e. The van der Waals surface area contributed by atoms with Gasteiger partial charge in [0.15, 0.2) is 0 Å². The van der Waals surface area contributed by atoms with Crippen molar-refractivity contribution in [3.8, 4) is 5.75 Å². The molecule has 0 bridgehead atoms. The fraction of sp³-hybridized carbons (Fsp3) is 0.235. The molecule has 0 aliphatic heterocycles. The summed E-state index contributed by atoms with van der Waals surface area (Å²) in [5.41, 5.74) is 5.23. The molecule has 1 aromatic carbocycles. The summed E-state index contributed by atoms with van der Waals surface area (Å²) in [6.07, 6.45) is 1.43. The summed E-state index contributed by atoms with van der Waals surface area (Å²) in [6, 6.07) is 5.82. The Morgan fingerprint density at radius 3 is 2.58 bits per heavy atom. The summed E-state index contributed by atoms with van der Waals surface area (Å²) in [5.74, 6) is -0.714. The van der Waals surface area contributed by atoms with Crippen LogP contribution in [0.25, 0.3) is 0 Å². The molecule has 1 aromatic heterocycles. The first-order chi connectivity index (χ1) is 11.4. The van der Waals surface area contributed by atoms with E-state index in [-0.39, 0.29) is 5.75 Å². The number of rotatable bonds is 5. The molecule has 0 spiro atoms. The predicted molar refractivity (Wildman–Crippen MR) is 89.4 cm³/mol. The van der Waals surface area contributed by atoms with Gasteiger partial charge in [0.2, 0.25) is 0 Å². The van der Waals surface area contributed by atoms with Gasteiger partial charge in [0, 0.05) is 11.3 Å². The third kappa shape index (κ3) is 3.81. The molecule has 126 valence electrons. The number of benzene rings is 1. The normalized spacial score (nSPS) is 10.8. The molecule has 1 heterocycles. The highest BCUT2D eigenvalue weighted by molar-refractivity contribution is 5.97. The van der Waals surface area contributed by atoms with Crippen molar-refractivity contribution in [2.45, 2.75) is 20.8 Å². The molecule has 0 unspecified atom stereocenters. The molecular weight excluding hydrogens is 310 g/mol. The van der Waals surface area contributed by atoms with Crippen molar-refractivity contribution in [3.63, 3.8) is 0 Å². The molecule has 0 aliphatic rings. The Bertz CT molecular complexity index is 776. The minimum absolute atomic E-state index is 0.0824. The lowest BCUT2D eigenvalue weighted by Gasteiger charge is -2.02. The van der Waals surface area contributed by atoms with E-state index < -0.39 is 11.9 Å². The lowest BCUT2D eigenvalue weighted by Crippen LogP contribution is -2.17. The van der Waals surface area contributed by atoms with Gasteiger partial charge < -0.3 is 14.8 Å². The van der Waals surface area contributed by atoms with Crippen LogP contribution >= 0.6 is 0 Å². The summed E-state index contributed by atoms with van der Waals surface area (Å²) in [4.78, 5) is 26.9. The van der Waals surface area contributed by atoms with Crippen LogP contribution < -0.4 is 5.43 Å². The Balaban J connectivity index is 2.09. The van der Waals surface area contributed by atoms with E-state index in [1.807, 2.05) is 0 Å². The zero-order valence-corrected chi connectivity index (χ0v) is 13.7. The van der Waals surface area contributed by atoms with E-state index in [2.05, 4.69) is 15.5 Å². The Hall–Kier alpha value is -3.09. The number of hydrogen-bond acceptors (Lipinski definition) is 5. The number of carbonyl (C=O) groups is 2. The van der Waals surface area contributed by atoms with Crippen LogP contribution in [0, 0.1) is 13.8 Å². The first kappa shape index (κ1) is 17.3. The van der Waals surface area contributed by atoms with Crippen molar-refractivity contribution in [3.05, 3.63) is 52.3 Å². The fourth-order valence-electron chi connectivity index (χ4n) is 2.25. The maximum absolute atomic E-state index is 11.9. The number of nitrogens with zero attached hydrogens (tertiary/aromatic N) is 1. The van der Waals surface area contributed by atoms with Crippen molar-refractivity contribution in [2.24, 2.45) is 5.10 Å². The van der Waals surface area contributed by atoms with E-state index in [1.165, 1.54) is 30.5 Å². The van der Waals surface area contributed by atoms with Gasteiger partial charge >= 0.3 is 5.97 Å². The number of carbonyl (C=O) groups excluding carboxylic acids is 2. The third-order valence-electron chi connectivity index (χ3n) is 3.44. The van der Waals surface area contributed by atoms with E-state index in [0.717, 1.165) is 0 Å². The van der Waals surface area contributed by atoms with Crippen LogP contribution in [-0.2, 0) is 4.74 Å². The first-order valence-electron chi connectivity index (χ1n) is 7.42. The highest BCUT2D eigenvalue weighted by Crippen LogP contribution is 2.17. The zero-order chi connectivity index (χ0) is 17.7. The number of aryl methyl sites for hydroxylation is 1. The van der Waals surface area contributed by atoms with E-state index in [1.54, 1.807) is 20.8 Å². The van der Waals surface area contributed by atoms with E-state index in [0.29, 0.717) is 34.7 Å². The quantitative estimate of drug-likeness (QED) is 0.445. The van der Waals surface area contributed by atoms with Gasteiger partial charge in [-0.1, -0.05) is 0 Å². The Morgan fingerprint density at radius 2 is 1.96 bits per heavy atom. The Kier molecular flexibility index (Phi) is 5.36. The SMILES string of the molecule is CCOC(=O)c1c(C)[nH]c(/C=N/NC(=O)c2ccc(O)cc2)c1C. The summed E-state index contributed by atoms with van der Waals surface area (Å²) in [7, 11) is 0. The van der Waals surface area contributed by atoms with Crippen LogP contribution in [0.15, 0.2) is 29.4 Å². The molecule has 0 atom stereocenters. The molecule has 0 saturated carbocycles. The number of nitrogens with one attached hydrogen (secondary N) is 2. The molecule has 0 radical (unpaired) electrons. The summed E-state index contributed by atoms with van der Waals surface area (Å²) >= 11 is 0. The smallest absolute Gasteiger partial charge is 0.340 e. The van der Waals surface area contributed by atoms with Crippen LogP contribution in [0.5, 0.6) is 5.75 Å². The van der Waals surface area contributed by atoms with Crippen molar-refractivity contribution < 1.29 is 19.4 Å². The number of phenols is 1. The average Bonchev–Trinajstić information content (AvgIpc) is 2.82. The van der Waals surface area contributed by atoms with Gasteiger partial charge in [-0.05, 0) is 50.6 Å². The van der Waals surface area contributed by atoms with Gasteiger partial charge in [0.05, 0.1) is 24.1 Å². The van der Waals surface area contributed by atoms with Crippen molar-refractivity contribution in [1.29, 1.82) is 0 Å². The van der Waals surface area contributed by atoms with Crippen LogP contribution in [0.3, 0.4) is 0 Å². The van der Waals surface area contributed by atoms with E-state index >= 15 is 0 Å². The predicted octanol–water partition coefficient (Wildman–Crippen LogP) is 2.28. The standard InChI is InChI=1S/C17H19N3O4/c1-4-24-17(23)15-10(2)14(19-11(15)3)9-18-20-16(22)12-5-7-13(21)8-6-12/h5-9,19,21H,4H2,1-3H3,(H,20,22)/b18-9+. The minimum Gasteiger partial charge on any atom is -0.508 e. The molecule has 2 rings (SSSR count). The van der Waals surface area contributed by atoms with Crippen molar-refractivity contribution >= 4 is 18.1 Å². The second-order valence-electron chi connectivity index (χ2n) is 5.13. The first-order valence-corrected chi connectivity index (χ1v) is 7.42. The van der Waals surface area contributed by atoms with Crippen LogP contribution in [-0.4, -0.2) is 34.8 Å². The molecule has 7 nitrogen and oxygen atoms in total. The maximum atomic E-state index is 11.9. The number of aromatic hydroxyl groups is 1. The summed E-state index contributed by atoms with van der Waals surface area (Å²) in [6.45, 7) is 5.59. The number of ether oxygens (including phenoxy) is 1. The van der Waals surface area contributed by atoms with Crippen LogP contribution in [0.2, 0.25) is 0 Å². The second-order valence-corrected chi connectivity index (χ2v) is 5.13. The molecule has 7 heteroatoms. The summed E-state index contributed by atoms with van der Waals surface area (Å²) < 4.78 is 5.02. The van der Waals surface area contributed by atoms with Gasteiger partial charge in [-0.15, -0.1) is 0 Å².